The van der Waals surface area contributed by atoms with Crippen LogP contribution in [0.15, 0.2) is 143 Å². The number of fused-ring (bicyclic) bond motifs is 10. The molecule has 0 saturated heterocycles. The molecule has 0 spiro atoms. The standard InChI is InChI=1S/C39H24N2O2S2/c1-3-8-28-26(6-1)27-7-2-4-9-29(27)39-38(28)30-16-15-25(20-34(30)43-39)41(37-22-36-35(45-37)17-19-44-36)24-13-11-23(12-14-24)33-21-31-32(42-33)10-5-18-40-31/h1-22,30,34H. The van der Waals surface area contributed by atoms with Gasteiger partial charge in [-0.3, -0.25) is 4.98 Å². The number of benzene rings is 4. The number of hydrogen-bond donors (Lipinski definition) is 0. The van der Waals surface area contributed by atoms with E-state index in [-0.39, 0.29) is 12.0 Å². The van der Waals surface area contributed by atoms with E-state index >= 15 is 0 Å². The minimum atomic E-state index is -0.0971. The molecule has 6 heteroatoms. The molecular formula is C39H24N2O2S2. The Morgan fingerprint density at radius 1 is 0.756 bits per heavy atom. The van der Waals surface area contributed by atoms with E-state index in [1.54, 1.807) is 17.5 Å². The summed E-state index contributed by atoms with van der Waals surface area (Å²) in [7, 11) is 0. The number of pyridine rings is 1. The predicted molar refractivity (Wildman–Crippen MR) is 187 cm³/mol. The van der Waals surface area contributed by atoms with E-state index in [2.05, 4.69) is 118 Å². The van der Waals surface area contributed by atoms with Gasteiger partial charge in [-0.15, -0.1) is 22.7 Å². The smallest absolute Gasteiger partial charge is 0.153 e. The van der Waals surface area contributed by atoms with Crippen LogP contribution in [0, 0.1) is 0 Å². The van der Waals surface area contributed by atoms with Gasteiger partial charge in [-0.1, -0.05) is 54.6 Å². The first-order valence-corrected chi connectivity index (χ1v) is 16.7. The number of anilines is 2. The van der Waals surface area contributed by atoms with Gasteiger partial charge in [-0.25, -0.2) is 0 Å². The maximum absolute atomic E-state index is 6.87. The Bertz CT molecular complexity index is 2440. The molecule has 8 aromatic rings. The summed E-state index contributed by atoms with van der Waals surface area (Å²) in [6.45, 7) is 0. The number of ether oxygens (including phenoxy) is 1. The summed E-state index contributed by atoms with van der Waals surface area (Å²) in [6.07, 6.45) is 8.62. The molecule has 4 aromatic carbocycles. The highest BCUT2D eigenvalue weighted by atomic mass is 32.1. The van der Waals surface area contributed by atoms with Crippen LogP contribution in [-0.4, -0.2) is 11.1 Å². The average molecular weight is 617 g/mol. The highest BCUT2D eigenvalue weighted by molar-refractivity contribution is 7.29. The molecule has 2 aliphatic rings. The first kappa shape index (κ1) is 25.2. The van der Waals surface area contributed by atoms with Gasteiger partial charge in [0.05, 0.1) is 0 Å². The van der Waals surface area contributed by atoms with Gasteiger partial charge < -0.3 is 14.1 Å². The van der Waals surface area contributed by atoms with Crippen molar-refractivity contribution in [1.82, 2.24) is 4.98 Å². The third kappa shape index (κ3) is 3.86. The van der Waals surface area contributed by atoms with Gasteiger partial charge in [0.2, 0.25) is 0 Å². The fourth-order valence-electron chi connectivity index (χ4n) is 6.94. The maximum Gasteiger partial charge on any atom is 0.153 e. The van der Waals surface area contributed by atoms with E-state index < -0.39 is 0 Å². The van der Waals surface area contributed by atoms with Crippen LogP contribution in [0.4, 0.5) is 10.7 Å². The Morgan fingerprint density at radius 2 is 1.56 bits per heavy atom. The number of furan rings is 1. The van der Waals surface area contributed by atoms with Crippen molar-refractivity contribution >= 4 is 75.4 Å². The lowest BCUT2D eigenvalue weighted by Crippen LogP contribution is -2.23. The van der Waals surface area contributed by atoms with Crippen LogP contribution in [0.1, 0.15) is 11.5 Å². The molecule has 0 saturated carbocycles. The number of thiophene rings is 2. The van der Waals surface area contributed by atoms with Crippen molar-refractivity contribution in [3.8, 4) is 17.1 Å². The van der Waals surface area contributed by atoms with Crippen molar-refractivity contribution in [2.24, 2.45) is 0 Å². The van der Waals surface area contributed by atoms with E-state index in [9.17, 15) is 0 Å². The van der Waals surface area contributed by atoms with Crippen molar-refractivity contribution in [3.63, 3.8) is 0 Å². The van der Waals surface area contributed by atoms with E-state index in [0.717, 1.165) is 39.6 Å². The van der Waals surface area contributed by atoms with Crippen LogP contribution in [-0.2, 0) is 0 Å². The van der Waals surface area contributed by atoms with E-state index in [4.69, 9.17) is 9.15 Å². The Hall–Kier alpha value is -5.17. The number of aromatic nitrogens is 1. The summed E-state index contributed by atoms with van der Waals surface area (Å²) < 4.78 is 15.6. The van der Waals surface area contributed by atoms with Gasteiger partial charge in [0, 0.05) is 55.5 Å². The molecule has 0 fully saturated rings. The zero-order chi connectivity index (χ0) is 29.5. The van der Waals surface area contributed by atoms with Crippen LogP contribution in [0.25, 0.3) is 53.4 Å². The Morgan fingerprint density at radius 3 is 2.38 bits per heavy atom. The van der Waals surface area contributed by atoms with Gasteiger partial charge in [0.1, 0.15) is 28.1 Å². The van der Waals surface area contributed by atoms with Crippen molar-refractivity contribution in [2.45, 2.75) is 12.0 Å². The number of allylic oxidation sites excluding steroid dienone is 1. The molecule has 0 amide bonds. The molecule has 4 aromatic heterocycles. The summed E-state index contributed by atoms with van der Waals surface area (Å²) in [5, 5.41) is 8.30. The molecule has 2 unspecified atom stereocenters. The van der Waals surface area contributed by atoms with Gasteiger partial charge in [-0.05, 0) is 82.2 Å². The molecule has 1 aliphatic heterocycles. The quantitative estimate of drug-likeness (QED) is 0.184. The van der Waals surface area contributed by atoms with Crippen LogP contribution in [0.2, 0.25) is 0 Å². The molecule has 0 bridgehead atoms. The van der Waals surface area contributed by atoms with Crippen LogP contribution < -0.4 is 9.64 Å². The molecule has 1 aliphatic carbocycles. The summed E-state index contributed by atoms with van der Waals surface area (Å²) in [6, 6.07) is 36.3. The SMILES string of the molecule is C1=CC2c3c(c4ccccc4c4ccccc34)OC2C=C1N(c1ccc(-c2cc3ncccc3o2)cc1)c1cc2sccc2s1. The van der Waals surface area contributed by atoms with Crippen LogP contribution >= 0.6 is 22.7 Å². The Labute approximate surface area is 266 Å². The summed E-state index contributed by atoms with van der Waals surface area (Å²) in [5.74, 6) is 1.97. The highest BCUT2D eigenvalue weighted by Gasteiger charge is 2.37. The second kappa shape index (κ2) is 9.66. The van der Waals surface area contributed by atoms with E-state index in [1.807, 2.05) is 29.5 Å². The molecule has 45 heavy (non-hydrogen) atoms. The van der Waals surface area contributed by atoms with Crippen LogP contribution in [0.5, 0.6) is 5.75 Å². The summed E-state index contributed by atoms with van der Waals surface area (Å²) >= 11 is 3.60. The first-order valence-electron chi connectivity index (χ1n) is 15.0. The van der Waals surface area contributed by atoms with Crippen LogP contribution in [0.3, 0.4) is 0 Å². The fourth-order valence-corrected chi connectivity index (χ4v) is 9.08. The minimum Gasteiger partial charge on any atom is -0.484 e. The molecule has 4 nitrogen and oxygen atoms in total. The monoisotopic (exact) mass is 616 g/mol. The predicted octanol–water partition coefficient (Wildman–Crippen LogP) is 11.2. The van der Waals surface area contributed by atoms with Gasteiger partial charge >= 0.3 is 0 Å². The molecule has 0 radical (unpaired) electrons. The van der Waals surface area contributed by atoms with Crippen molar-refractivity contribution < 1.29 is 9.15 Å². The number of rotatable bonds is 4. The van der Waals surface area contributed by atoms with Crippen molar-refractivity contribution in [1.29, 1.82) is 0 Å². The summed E-state index contributed by atoms with van der Waals surface area (Å²) in [4.78, 5) is 6.80. The number of hydrogen-bond acceptors (Lipinski definition) is 6. The largest absolute Gasteiger partial charge is 0.484 e. The zero-order valence-electron chi connectivity index (χ0n) is 23.9. The van der Waals surface area contributed by atoms with Crippen molar-refractivity contribution in [3.05, 3.63) is 144 Å². The first-order chi connectivity index (χ1) is 22.3. The lowest BCUT2D eigenvalue weighted by Gasteiger charge is -2.28. The molecule has 0 N–H and O–H groups in total. The molecule has 214 valence electrons. The second-order valence-electron chi connectivity index (χ2n) is 11.5. The fraction of sp³-hybridized carbons (Fsp3) is 0.0513. The van der Waals surface area contributed by atoms with Gasteiger partial charge in [0.15, 0.2) is 5.58 Å². The molecule has 5 heterocycles. The second-order valence-corrected chi connectivity index (χ2v) is 13.5. The zero-order valence-corrected chi connectivity index (χ0v) is 25.5. The van der Waals surface area contributed by atoms with Gasteiger partial charge in [0.25, 0.3) is 0 Å². The Kier molecular flexibility index (Phi) is 5.41. The average Bonchev–Trinajstić information content (AvgIpc) is 3.88. The normalized spacial score (nSPS) is 17.1. The summed E-state index contributed by atoms with van der Waals surface area (Å²) in [5.41, 5.74) is 6.15. The topological polar surface area (TPSA) is 38.5 Å². The molecule has 2 atom stereocenters. The third-order valence-corrected chi connectivity index (χ3v) is 11.1. The molecule has 10 rings (SSSR count). The highest BCUT2D eigenvalue weighted by Crippen LogP contribution is 2.51. The maximum atomic E-state index is 6.87. The third-order valence-electron chi connectivity index (χ3n) is 8.98. The van der Waals surface area contributed by atoms with E-state index in [1.165, 1.54) is 41.5 Å². The minimum absolute atomic E-state index is 0.0971. The molecular weight excluding hydrogens is 593 g/mol. The number of nitrogens with zero attached hydrogens (tertiary/aromatic N) is 2. The van der Waals surface area contributed by atoms with Gasteiger partial charge in [-0.2, -0.15) is 0 Å². The lowest BCUT2D eigenvalue weighted by atomic mass is 9.86. The van der Waals surface area contributed by atoms with Crippen molar-refractivity contribution in [2.75, 3.05) is 4.90 Å². The van der Waals surface area contributed by atoms with E-state index in [0.29, 0.717) is 0 Å². The Balaban J connectivity index is 1.08. The lowest BCUT2D eigenvalue weighted by molar-refractivity contribution is 0.270.